The molecule has 0 aliphatic carbocycles. The van der Waals surface area contributed by atoms with Crippen LogP contribution in [0.5, 0.6) is 0 Å². The molecule has 0 saturated heterocycles. The van der Waals surface area contributed by atoms with Gasteiger partial charge in [0.05, 0.1) is 0 Å². The Morgan fingerprint density at radius 2 is 1.57 bits per heavy atom. The molecule has 0 aliphatic heterocycles. The molecule has 1 amide bonds. The van der Waals surface area contributed by atoms with E-state index in [1.54, 1.807) is 16.7 Å². The molecular formula is C17H12F2N2OS. The third-order valence-electron chi connectivity index (χ3n) is 3.25. The summed E-state index contributed by atoms with van der Waals surface area (Å²) in [6.45, 7) is 1.88. The van der Waals surface area contributed by atoms with Gasteiger partial charge < -0.3 is 0 Å². The monoisotopic (exact) mass is 330 g/mol. The number of halogens is 2. The van der Waals surface area contributed by atoms with Gasteiger partial charge in [-0.25, -0.2) is 8.78 Å². The molecule has 0 spiro atoms. The van der Waals surface area contributed by atoms with Crippen molar-refractivity contribution in [3.8, 4) is 5.69 Å². The lowest BCUT2D eigenvalue weighted by molar-refractivity contribution is 0.0998. The fraction of sp³-hybridized carbons (Fsp3) is 0.0588. The van der Waals surface area contributed by atoms with Gasteiger partial charge in [0, 0.05) is 22.3 Å². The number of hydrogen-bond donors (Lipinski definition) is 0. The Hall–Kier alpha value is -2.60. The van der Waals surface area contributed by atoms with Crippen LogP contribution >= 0.6 is 11.3 Å². The molecule has 3 nitrogen and oxygen atoms in total. The summed E-state index contributed by atoms with van der Waals surface area (Å²) in [5.41, 5.74) is 1.91. The summed E-state index contributed by atoms with van der Waals surface area (Å²) in [5.74, 6) is -1.19. The van der Waals surface area contributed by atoms with E-state index in [9.17, 15) is 13.6 Å². The van der Waals surface area contributed by atoms with E-state index in [4.69, 9.17) is 0 Å². The topological polar surface area (TPSA) is 34.4 Å². The maximum Gasteiger partial charge on any atom is 0.279 e. The van der Waals surface area contributed by atoms with Crippen LogP contribution in [0.25, 0.3) is 5.69 Å². The fourth-order valence-corrected chi connectivity index (χ4v) is 2.99. The van der Waals surface area contributed by atoms with Crippen molar-refractivity contribution in [2.45, 2.75) is 6.92 Å². The number of amides is 1. The number of thiazole rings is 1. The van der Waals surface area contributed by atoms with E-state index >= 15 is 0 Å². The molecule has 3 rings (SSSR count). The van der Waals surface area contributed by atoms with Gasteiger partial charge in [-0.15, -0.1) is 11.3 Å². The van der Waals surface area contributed by atoms with Gasteiger partial charge in [0.25, 0.3) is 5.91 Å². The minimum atomic E-state index is -0.456. The maximum atomic E-state index is 13.1. The van der Waals surface area contributed by atoms with E-state index in [0.29, 0.717) is 10.4 Å². The van der Waals surface area contributed by atoms with Gasteiger partial charge in [0.2, 0.25) is 0 Å². The number of aromatic nitrogens is 1. The Morgan fingerprint density at radius 1 is 1.00 bits per heavy atom. The highest BCUT2D eigenvalue weighted by Gasteiger charge is 2.08. The molecule has 1 aromatic heterocycles. The number of carbonyl (C=O) groups is 1. The molecule has 0 aliphatic rings. The number of nitrogens with zero attached hydrogens (tertiary/aromatic N) is 2. The van der Waals surface area contributed by atoms with Gasteiger partial charge in [-0.3, -0.25) is 9.36 Å². The minimum Gasteiger partial charge on any atom is -0.290 e. The summed E-state index contributed by atoms with van der Waals surface area (Å²) in [5, 5.41) is 1.86. The molecule has 3 aromatic rings. The SMILES string of the molecule is Cc1csc(=NC(=O)c2ccc(F)cc2)n1-c1ccc(F)cc1. The van der Waals surface area contributed by atoms with Gasteiger partial charge in [-0.2, -0.15) is 4.99 Å². The van der Waals surface area contributed by atoms with Crippen molar-refractivity contribution in [2.24, 2.45) is 4.99 Å². The number of hydrogen-bond acceptors (Lipinski definition) is 2. The Morgan fingerprint density at radius 3 is 2.17 bits per heavy atom. The summed E-state index contributed by atoms with van der Waals surface area (Å²) in [6.07, 6.45) is 0. The highest BCUT2D eigenvalue weighted by Crippen LogP contribution is 2.12. The zero-order valence-corrected chi connectivity index (χ0v) is 13.0. The number of rotatable bonds is 2. The van der Waals surface area contributed by atoms with E-state index in [-0.39, 0.29) is 5.82 Å². The van der Waals surface area contributed by atoms with Crippen LogP contribution < -0.4 is 4.80 Å². The zero-order valence-electron chi connectivity index (χ0n) is 12.2. The molecule has 0 N–H and O–H groups in total. The van der Waals surface area contributed by atoms with Gasteiger partial charge in [0.1, 0.15) is 11.6 Å². The molecule has 0 saturated carbocycles. The van der Waals surface area contributed by atoms with Crippen LogP contribution in [0.1, 0.15) is 16.1 Å². The fourth-order valence-electron chi connectivity index (χ4n) is 2.12. The van der Waals surface area contributed by atoms with Crippen LogP contribution in [0.4, 0.5) is 8.78 Å². The van der Waals surface area contributed by atoms with Crippen molar-refractivity contribution in [2.75, 3.05) is 0 Å². The molecule has 0 bridgehead atoms. The lowest BCUT2D eigenvalue weighted by Gasteiger charge is -2.05. The Bertz CT molecular complexity index is 909. The second-order valence-electron chi connectivity index (χ2n) is 4.90. The number of carbonyl (C=O) groups excluding carboxylic acids is 1. The normalized spacial score (nSPS) is 11.7. The summed E-state index contributed by atoms with van der Waals surface area (Å²) >= 11 is 1.31. The molecule has 0 fully saturated rings. The first-order chi connectivity index (χ1) is 11.0. The summed E-state index contributed by atoms with van der Waals surface area (Å²) < 4.78 is 27.8. The predicted octanol–water partition coefficient (Wildman–Crippen LogP) is 3.87. The molecular weight excluding hydrogens is 318 g/mol. The van der Waals surface area contributed by atoms with Gasteiger partial charge >= 0.3 is 0 Å². The second-order valence-corrected chi connectivity index (χ2v) is 5.73. The average Bonchev–Trinajstić information content (AvgIpc) is 2.89. The first kappa shape index (κ1) is 15.3. The number of benzene rings is 2. The Kier molecular flexibility index (Phi) is 4.16. The van der Waals surface area contributed by atoms with Crippen molar-refractivity contribution in [3.63, 3.8) is 0 Å². The highest BCUT2D eigenvalue weighted by molar-refractivity contribution is 7.07. The zero-order chi connectivity index (χ0) is 16.4. The maximum absolute atomic E-state index is 13.1. The first-order valence-corrected chi connectivity index (χ1v) is 7.70. The van der Waals surface area contributed by atoms with Crippen LogP contribution in [0, 0.1) is 18.6 Å². The third-order valence-corrected chi connectivity index (χ3v) is 4.20. The Balaban J connectivity index is 2.05. The lowest BCUT2D eigenvalue weighted by atomic mass is 10.2. The average molecular weight is 330 g/mol. The first-order valence-electron chi connectivity index (χ1n) is 6.82. The van der Waals surface area contributed by atoms with Gasteiger partial charge in [0.15, 0.2) is 4.80 Å². The van der Waals surface area contributed by atoms with Gasteiger partial charge in [-0.1, -0.05) is 0 Å². The quantitative estimate of drug-likeness (QED) is 0.702. The largest absolute Gasteiger partial charge is 0.290 e. The molecule has 0 radical (unpaired) electrons. The van der Waals surface area contributed by atoms with Crippen molar-refractivity contribution in [1.82, 2.24) is 4.57 Å². The van der Waals surface area contributed by atoms with Crippen molar-refractivity contribution in [3.05, 3.63) is 81.6 Å². The molecule has 23 heavy (non-hydrogen) atoms. The van der Waals surface area contributed by atoms with Crippen molar-refractivity contribution >= 4 is 17.2 Å². The van der Waals surface area contributed by atoms with Crippen LogP contribution in [0.15, 0.2) is 58.9 Å². The molecule has 1 heterocycles. The van der Waals surface area contributed by atoms with Crippen LogP contribution in [-0.2, 0) is 0 Å². The van der Waals surface area contributed by atoms with E-state index in [2.05, 4.69) is 4.99 Å². The van der Waals surface area contributed by atoms with E-state index in [1.807, 2.05) is 12.3 Å². The molecule has 0 unspecified atom stereocenters. The van der Waals surface area contributed by atoms with Crippen LogP contribution in [0.2, 0.25) is 0 Å². The Labute approximate surface area is 135 Å². The van der Waals surface area contributed by atoms with Crippen molar-refractivity contribution < 1.29 is 13.6 Å². The van der Waals surface area contributed by atoms with Crippen LogP contribution in [0.3, 0.4) is 0 Å². The summed E-state index contributed by atoms with van der Waals surface area (Å²) in [6, 6.07) is 11.2. The minimum absolute atomic E-state index is 0.308. The van der Waals surface area contributed by atoms with Gasteiger partial charge in [-0.05, 0) is 55.5 Å². The standard InChI is InChI=1S/C17H12F2N2OS/c1-11-10-23-17(21(11)15-8-6-14(19)7-9-15)20-16(22)12-2-4-13(18)5-3-12/h2-10H,1H3. The number of aryl methyl sites for hydroxylation is 1. The lowest BCUT2D eigenvalue weighted by Crippen LogP contribution is -2.16. The van der Waals surface area contributed by atoms with Crippen molar-refractivity contribution in [1.29, 1.82) is 0 Å². The summed E-state index contributed by atoms with van der Waals surface area (Å²) in [4.78, 5) is 16.8. The second kappa shape index (κ2) is 6.26. The molecule has 2 aromatic carbocycles. The molecule has 116 valence electrons. The predicted molar refractivity (Wildman–Crippen MR) is 84.6 cm³/mol. The van der Waals surface area contributed by atoms with Crippen LogP contribution in [-0.4, -0.2) is 10.5 Å². The molecule has 6 heteroatoms. The van der Waals surface area contributed by atoms with E-state index in [1.165, 1.54) is 47.7 Å². The molecule has 0 atom stereocenters. The van der Waals surface area contributed by atoms with E-state index in [0.717, 1.165) is 11.4 Å². The van der Waals surface area contributed by atoms with E-state index < -0.39 is 11.7 Å². The summed E-state index contributed by atoms with van der Waals surface area (Å²) in [7, 11) is 0. The highest BCUT2D eigenvalue weighted by atomic mass is 32.1. The smallest absolute Gasteiger partial charge is 0.279 e. The third kappa shape index (κ3) is 3.27.